The van der Waals surface area contributed by atoms with E-state index in [1.807, 2.05) is 6.07 Å². The summed E-state index contributed by atoms with van der Waals surface area (Å²) in [6.07, 6.45) is 8.32. The summed E-state index contributed by atoms with van der Waals surface area (Å²) in [5.41, 5.74) is 1.58. The van der Waals surface area contributed by atoms with Crippen LogP contribution in [-0.2, 0) is 0 Å². The molecule has 1 fully saturated rings. The molecule has 118 valence electrons. The van der Waals surface area contributed by atoms with E-state index in [9.17, 15) is 0 Å². The Labute approximate surface area is 135 Å². The molecule has 1 atom stereocenters. The molecule has 0 heterocycles. The van der Waals surface area contributed by atoms with E-state index >= 15 is 0 Å². The van der Waals surface area contributed by atoms with Gasteiger partial charge in [-0.2, -0.15) is 0 Å². The average Bonchev–Trinajstić information content (AvgIpc) is 2.67. The van der Waals surface area contributed by atoms with Crippen molar-refractivity contribution in [2.75, 3.05) is 6.54 Å². The average molecular weight is 308 g/mol. The van der Waals surface area contributed by atoms with Crippen LogP contribution in [0.3, 0.4) is 0 Å². The van der Waals surface area contributed by atoms with Gasteiger partial charge in [-0.05, 0) is 63.1 Å². The molecular formula is C19H30ClN. The second kappa shape index (κ2) is 7.65. The van der Waals surface area contributed by atoms with Crippen LogP contribution in [0.5, 0.6) is 0 Å². The molecule has 1 aliphatic carbocycles. The monoisotopic (exact) mass is 307 g/mol. The first-order chi connectivity index (χ1) is 9.96. The maximum absolute atomic E-state index is 6.23. The van der Waals surface area contributed by atoms with E-state index in [0.29, 0.717) is 5.92 Å². The zero-order chi connectivity index (χ0) is 15.3. The van der Waals surface area contributed by atoms with Gasteiger partial charge in [0.05, 0.1) is 0 Å². The Morgan fingerprint density at radius 3 is 2.38 bits per heavy atom. The molecule has 21 heavy (non-hydrogen) atoms. The molecule has 1 nitrogen and oxygen atoms in total. The minimum absolute atomic E-state index is 0.168. The predicted octanol–water partition coefficient (Wildman–Crippen LogP) is 5.78. The SMILES string of the molecule is CC(C)(C)NCC(c1cccc(Cl)c1)C1CCCCCC1. The fourth-order valence-corrected chi connectivity index (χ4v) is 3.62. The molecule has 0 aromatic heterocycles. The van der Waals surface area contributed by atoms with Crippen LogP contribution in [-0.4, -0.2) is 12.1 Å². The molecule has 1 saturated carbocycles. The summed E-state index contributed by atoms with van der Waals surface area (Å²) in [5, 5.41) is 4.58. The van der Waals surface area contributed by atoms with E-state index in [2.05, 4.69) is 44.3 Å². The second-order valence-corrected chi connectivity index (χ2v) is 7.98. The lowest BCUT2D eigenvalue weighted by Crippen LogP contribution is -2.40. The van der Waals surface area contributed by atoms with E-state index in [4.69, 9.17) is 11.6 Å². The summed E-state index contributed by atoms with van der Waals surface area (Å²) in [6.45, 7) is 7.79. The van der Waals surface area contributed by atoms with Gasteiger partial charge in [-0.1, -0.05) is 49.4 Å². The van der Waals surface area contributed by atoms with Crippen molar-refractivity contribution in [1.82, 2.24) is 5.32 Å². The van der Waals surface area contributed by atoms with Gasteiger partial charge in [0.15, 0.2) is 0 Å². The molecular weight excluding hydrogens is 278 g/mol. The lowest BCUT2D eigenvalue weighted by atomic mass is 9.81. The van der Waals surface area contributed by atoms with E-state index in [0.717, 1.165) is 17.5 Å². The molecule has 1 aromatic carbocycles. The highest BCUT2D eigenvalue weighted by molar-refractivity contribution is 6.30. The van der Waals surface area contributed by atoms with Crippen LogP contribution in [0.1, 0.15) is 70.8 Å². The number of halogens is 1. The molecule has 0 radical (unpaired) electrons. The zero-order valence-corrected chi connectivity index (χ0v) is 14.5. The van der Waals surface area contributed by atoms with Crippen molar-refractivity contribution in [3.8, 4) is 0 Å². The number of hydrogen-bond donors (Lipinski definition) is 1. The van der Waals surface area contributed by atoms with Gasteiger partial charge in [-0.25, -0.2) is 0 Å². The second-order valence-electron chi connectivity index (χ2n) is 7.54. The first-order valence-corrected chi connectivity index (χ1v) is 8.84. The molecule has 1 unspecified atom stereocenters. The van der Waals surface area contributed by atoms with Crippen LogP contribution in [0.4, 0.5) is 0 Å². The van der Waals surface area contributed by atoms with Crippen molar-refractivity contribution in [2.45, 2.75) is 70.8 Å². The molecule has 1 aromatic rings. The predicted molar refractivity (Wildman–Crippen MR) is 93.1 cm³/mol. The van der Waals surface area contributed by atoms with Crippen molar-refractivity contribution >= 4 is 11.6 Å². The van der Waals surface area contributed by atoms with Gasteiger partial charge >= 0.3 is 0 Å². The number of benzene rings is 1. The molecule has 0 aliphatic heterocycles. The molecule has 1 N–H and O–H groups in total. The van der Waals surface area contributed by atoms with Crippen molar-refractivity contribution < 1.29 is 0 Å². The molecule has 0 saturated heterocycles. The standard InChI is InChI=1S/C19H30ClN/c1-19(2,3)21-14-18(15-9-6-4-5-7-10-15)16-11-8-12-17(20)13-16/h8,11-13,15,18,21H,4-7,9-10,14H2,1-3H3. The van der Waals surface area contributed by atoms with Gasteiger partial charge in [-0.15, -0.1) is 0 Å². The van der Waals surface area contributed by atoms with Crippen LogP contribution in [0.15, 0.2) is 24.3 Å². The van der Waals surface area contributed by atoms with Crippen molar-refractivity contribution in [2.24, 2.45) is 5.92 Å². The normalized spacial score (nSPS) is 19.2. The third-order valence-electron chi connectivity index (χ3n) is 4.60. The first kappa shape index (κ1) is 16.8. The lowest BCUT2D eigenvalue weighted by Gasteiger charge is -2.31. The highest BCUT2D eigenvalue weighted by atomic mass is 35.5. The Morgan fingerprint density at radius 2 is 1.81 bits per heavy atom. The fourth-order valence-electron chi connectivity index (χ4n) is 3.42. The van der Waals surface area contributed by atoms with Crippen LogP contribution < -0.4 is 5.32 Å². The Hall–Kier alpha value is -0.530. The smallest absolute Gasteiger partial charge is 0.0408 e. The maximum atomic E-state index is 6.23. The van der Waals surface area contributed by atoms with E-state index in [1.165, 1.54) is 44.1 Å². The van der Waals surface area contributed by atoms with Gasteiger partial charge in [0, 0.05) is 17.1 Å². The molecule has 0 amide bonds. The van der Waals surface area contributed by atoms with Crippen molar-refractivity contribution in [1.29, 1.82) is 0 Å². The summed E-state index contributed by atoms with van der Waals surface area (Å²) in [7, 11) is 0. The minimum Gasteiger partial charge on any atom is -0.311 e. The van der Waals surface area contributed by atoms with E-state index < -0.39 is 0 Å². The summed E-state index contributed by atoms with van der Waals surface area (Å²) >= 11 is 6.23. The van der Waals surface area contributed by atoms with Gasteiger partial charge in [0.1, 0.15) is 0 Å². The molecule has 2 rings (SSSR count). The number of rotatable bonds is 4. The summed E-state index contributed by atoms with van der Waals surface area (Å²) < 4.78 is 0. The maximum Gasteiger partial charge on any atom is 0.0408 e. The number of nitrogens with one attached hydrogen (secondary N) is 1. The largest absolute Gasteiger partial charge is 0.311 e. The van der Waals surface area contributed by atoms with Gasteiger partial charge in [0.2, 0.25) is 0 Å². The van der Waals surface area contributed by atoms with Crippen molar-refractivity contribution in [3.05, 3.63) is 34.9 Å². The summed E-state index contributed by atoms with van der Waals surface area (Å²) in [6, 6.07) is 8.50. The molecule has 2 heteroatoms. The highest BCUT2D eigenvalue weighted by Crippen LogP contribution is 2.35. The lowest BCUT2D eigenvalue weighted by molar-refractivity contribution is 0.324. The Morgan fingerprint density at radius 1 is 1.14 bits per heavy atom. The zero-order valence-electron chi connectivity index (χ0n) is 13.8. The topological polar surface area (TPSA) is 12.0 Å². The van der Waals surface area contributed by atoms with Crippen LogP contribution in [0, 0.1) is 5.92 Å². The van der Waals surface area contributed by atoms with Crippen LogP contribution in [0.2, 0.25) is 5.02 Å². The highest BCUT2D eigenvalue weighted by Gasteiger charge is 2.25. The third kappa shape index (κ3) is 5.64. The molecule has 0 bridgehead atoms. The molecule has 1 aliphatic rings. The van der Waals surface area contributed by atoms with Crippen LogP contribution in [0.25, 0.3) is 0 Å². The van der Waals surface area contributed by atoms with Crippen molar-refractivity contribution in [3.63, 3.8) is 0 Å². The van der Waals surface area contributed by atoms with Crippen LogP contribution >= 0.6 is 11.6 Å². The third-order valence-corrected chi connectivity index (χ3v) is 4.83. The van der Waals surface area contributed by atoms with Gasteiger partial charge in [0.25, 0.3) is 0 Å². The Bertz CT molecular complexity index is 427. The first-order valence-electron chi connectivity index (χ1n) is 8.46. The van der Waals surface area contributed by atoms with Gasteiger partial charge < -0.3 is 5.32 Å². The van der Waals surface area contributed by atoms with Gasteiger partial charge in [-0.3, -0.25) is 0 Å². The minimum atomic E-state index is 0.168. The molecule has 0 spiro atoms. The van der Waals surface area contributed by atoms with E-state index in [-0.39, 0.29) is 5.54 Å². The Balaban J connectivity index is 2.16. The quantitative estimate of drug-likeness (QED) is 0.695. The fraction of sp³-hybridized carbons (Fsp3) is 0.684. The number of hydrogen-bond acceptors (Lipinski definition) is 1. The van der Waals surface area contributed by atoms with E-state index in [1.54, 1.807) is 0 Å². The Kier molecular flexibility index (Phi) is 6.13. The summed E-state index contributed by atoms with van der Waals surface area (Å²) in [4.78, 5) is 0. The summed E-state index contributed by atoms with van der Waals surface area (Å²) in [5.74, 6) is 1.38.